The van der Waals surface area contributed by atoms with Gasteiger partial charge in [-0.2, -0.15) is 0 Å². The molecule has 0 fully saturated rings. The van der Waals surface area contributed by atoms with Crippen LogP contribution >= 0.6 is 27.5 Å². The lowest BCUT2D eigenvalue weighted by atomic mass is 10.1. The highest BCUT2D eigenvalue weighted by Crippen LogP contribution is 2.26. The van der Waals surface area contributed by atoms with E-state index in [4.69, 9.17) is 11.6 Å². The van der Waals surface area contributed by atoms with Crippen molar-refractivity contribution < 1.29 is 4.92 Å². The Hall–Kier alpha value is -1.85. The minimum Gasteiger partial charge on any atom is -0.343 e. The van der Waals surface area contributed by atoms with Gasteiger partial charge in [0.15, 0.2) is 0 Å². The number of halogens is 2. The summed E-state index contributed by atoms with van der Waals surface area (Å²) >= 11 is 9.40. The van der Waals surface area contributed by atoms with E-state index in [2.05, 4.69) is 15.9 Å². The summed E-state index contributed by atoms with van der Waals surface area (Å²) in [6, 6.07) is 12.5. The molecule has 0 spiro atoms. The fraction of sp³-hybridized carbons (Fsp3) is 0.0667. The quantitative estimate of drug-likeness (QED) is 0.483. The number of fused-ring (bicyclic) bond motifs is 1. The Morgan fingerprint density at radius 2 is 2.00 bits per heavy atom. The van der Waals surface area contributed by atoms with Crippen molar-refractivity contribution in [2.24, 2.45) is 0 Å². The zero-order chi connectivity index (χ0) is 15.0. The number of nitro benzene ring substituents is 1. The zero-order valence-electron chi connectivity index (χ0n) is 10.8. The molecule has 4 nitrogen and oxygen atoms in total. The van der Waals surface area contributed by atoms with E-state index in [0.717, 1.165) is 15.4 Å². The molecule has 1 aromatic heterocycles. The Labute approximate surface area is 134 Å². The van der Waals surface area contributed by atoms with E-state index >= 15 is 0 Å². The van der Waals surface area contributed by atoms with Crippen molar-refractivity contribution in [1.29, 1.82) is 0 Å². The molecule has 0 N–H and O–H groups in total. The Balaban J connectivity index is 2.06. The minimum absolute atomic E-state index is 0.0818. The highest BCUT2D eigenvalue weighted by atomic mass is 79.9. The second-order valence-electron chi connectivity index (χ2n) is 4.68. The molecule has 0 saturated heterocycles. The van der Waals surface area contributed by atoms with Gasteiger partial charge in [0.25, 0.3) is 5.69 Å². The molecular weight excluding hydrogens is 356 g/mol. The molecule has 106 valence electrons. The van der Waals surface area contributed by atoms with Gasteiger partial charge in [0.05, 0.1) is 17.0 Å². The predicted molar refractivity (Wildman–Crippen MR) is 86.8 cm³/mol. The van der Waals surface area contributed by atoms with E-state index < -0.39 is 0 Å². The number of hydrogen-bond acceptors (Lipinski definition) is 2. The number of benzene rings is 2. The number of rotatable bonds is 3. The first-order valence-electron chi connectivity index (χ1n) is 6.22. The summed E-state index contributed by atoms with van der Waals surface area (Å²) in [5, 5.41) is 12.7. The standard InChI is InChI=1S/C15H10BrClN2O2/c16-12-1-3-14-10(7-12)5-6-18(14)9-11-8-13(17)2-4-15(11)19(20)21/h1-8H,9H2. The fourth-order valence-electron chi connectivity index (χ4n) is 2.35. The molecule has 0 amide bonds. The van der Waals surface area contributed by atoms with Crippen molar-refractivity contribution in [2.75, 3.05) is 0 Å². The van der Waals surface area contributed by atoms with Crippen LogP contribution in [0.25, 0.3) is 10.9 Å². The topological polar surface area (TPSA) is 48.1 Å². The Bertz CT molecular complexity index is 845. The Kier molecular flexibility index (Phi) is 3.69. The van der Waals surface area contributed by atoms with Crippen molar-refractivity contribution in [1.82, 2.24) is 4.57 Å². The van der Waals surface area contributed by atoms with Crippen LogP contribution in [-0.4, -0.2) is 9.49 Å². The number of nitro groups is 1. The molecule has 0 aliphatic carbocycles. The maximum atomic E-state index is 11.1. The lowest BCUT2D eigenvalue weighted by Gasteiger charge is -2.07. The molecule has 3 rings (SSSR count). The summed E-state index contributed by atoms with van der Waals surface area (Å²) in [6.45, 7) is 0.405. The van der Waals surface area contributed by atoms with Gasteiger partial charge in [0.2, 0.25) is 0 Å². The van der Waals surface area contributed by atoms with Gasteiger partial charge in [-0.1, -0.05) is 27.5 Å². The summed E-state index contributed by atoms with van der Waals surface area (Å²) in [5.74, 6) is 0. The van der Waals surface area contributed by atoms with Crippen LogP contribution < -0.4 is 0 Å². The predicted octanol–water partition coefficient (Wildman–Crippen LogP) is 5.01. The normalized spacial score (nSPS) is 11.0. The van der Waals surface area contributed by atoms with Gasteiger partial charge in [0, 0.05) is 32.7 Å². The van der Waals surface area contributed by atoms with E-state index in [1.807, 2.05) is 35.0 Å². The molecular formula is C15H10BrClN2O2. The van der Waals surface area contributed by atoms with Gasteiger partial charge >= 0.3 is 0 Å². The highest BCUT2D eigenvalue weighted by molar-refractivity contribution is 9.10. The fourth-order valence-corrected chi connectivity index (χ4v) is 2.92. The molecule has 2 aromatic carbocycles. The van der Waals surface area contributed by atoms with Gasteiger partial charge in [-0.25, -0.2) is 0 Å². The molecule has 3 aromatic rings. The number of hydrogen-bond donors (Lipinski definition) is 0. The van der Waals surface area contributed by atoms with Gasteiger partial charge in [-0.15, -0.1) is 0 Å². The third-order valence-corrected chi connectivity index (χ3v) is 4.04. The van der Waals surface area contributed by atoms with Crippen molar-refractivity contribution in [3.63, 3.8) is 0 Å². The largest absolute Gasteiger partial charge is 0.343 e. The van der Waals surface area contributed by atoms with Crippen molar-refractivity contribution in [3.8, 4) is 0 Å². The van der Waals surface area contributed by atoms with E-state index in [1.165, 1.54) is 12.1 Å². The maximum absolute atomic E-state index is 11.1. The monoisotopic (exact) mass is 364 g/mol. The molecule has 0 atom stereocenters. The molecule has 0 saturated carbocycles. The summed E-state index contributed by atoms with van der Waals surface area (Å²) in [6.07, 6.45) is 1.92. The van der Waals surface area contributed by atoms with Gasteiger partial charge < -0.3 is 4.57 Å². The third-order valence-electron chi connectivity index (χ3n) is 3.31. The number of aromatic nitrogens is 1. The number of nitrogens with zero attached hydrogens (tertiary/aromatic N) is 2. The van der Waals surface area contributed by atoms with E-state index in [1.54, 1.807) is 6.07 Å². The molecule has 21 heavy (non-hydrogen) atoms. The average Bonchev–Trinajstić information content (AvgIpc) is 2.81. The van der Waals surface area contributed by atoms with Gasteiger partial charge in [-0.05, 0) is 36.4 Å². The molecule has 0 aliphatic heterocycles. The van der Waals surface area contributed by atoms with Crippen LogP contribution in [0.1, 0.15) is 5.56 Å². The van der Waals surface area contributed by atoms with Crippen LogP contribution in [-0.2, 0) is 6.54 Å². The van der Waals surface area contributed by atoms with Crippen LogP contribution in [0.5, 0.6) is 0 Å². The van der Waals surface area contributed by atoms with Crippen LogP contribution in [0, 0.1) is 10.1 Å². The Morgan fingerprint density at radius 3 is 2.76 bits per heavy atom. The van der Waals surface area contributed by atoms with E-state index in [0.29, 0.717) is 17.1 Å². The zero-order valence-corrected chi connectivity index (χ0v) is 13.1. The first kappa shape index (κ1) is 14.1. The molecule has 0 bridgehead atoms. The summed E-state index contributed by atoms with van der Waals surface area (Å²) in [4.78, 5) is 10.7. The van der Waals surface area contributed by atoms with Crippen LogP contribution in [0.15, 0.2) is 53.1 Å². The molecule has 1 heterocycles. The maximum Gasteiger partial charge on any atom is 0.274 e. The molecule has 6 heteroatoms. The summed E-state index contributed by atoms with van der Waals surface area (Å²) in [7, 11) is 0. The van der Waals surface area contributed by atoms with Crippen molar-refractivity contribution >= 4 is 44.1 Å². The molecule has 0 radical (unpaired) electrons. The van der Waals surface area contributed by atoms with Crippen LogP contribution in [0.2, 0.25) is 5.02 Å². The smallest absolute Gasteiger partial charge is 0.274 e. The van der Waals surface area contributed by atoms with Crippen molar-refractivity contribution in [2.45, 2.75) is 6.54 Å². The van der Waals surface area contributed by atoms with Gasteiger partial charge in [-0.3, -0.25) is 10.1 Å². The Morgan fingerprint density at radius 1 is 1.19 bits per heavy atom. The summed E-state index contributed by atoms with van der Waals surface area (Å²) in [5.41, 5.74) is 1.69. The first-order valence-corrected chi connectivity index (χ1v) is 7.39. The average molecular weight is 366 g/mol. The second-order valence-corrected chi connectivity index (χ2v) is 6.03. The molecule has 0 unspecified atom stereocenters. The lowest BCUT2D eigenvalue weighted by Crippen LogP contribution is -2.02. The van der Waals surface area contributed by atoms with Gasteiger partial charge in [0.1, 0.15) is 0 Å². The summed E-state index contributed by atoms with van der Waals surface area (Å²) < 4.78 is 2.97. The SMILES string of the molecule is O=[N+]([O-])c1ccc(Cl)cc1Cn1ccc2cc(Br)ccc21. The van der Waals surface area contributed by atoms with Crippen LogP contribution in [0.4, 0.5) is 5.69 Å². The second kappa shape index (κ2) is 5.50. The van der Waals surface area contributed by atoms with Crippen LogP contribution in [0.3, 0.4) is 0 Å². The molecule has 0 aliphatic rings. The third kappa shape index (κ3) is 2.80. The van der Waals surface area contributed by atoms with E-state index in [-0.39, 0.29) is 10.6 Å². The van der Waals surface area contributed by atoms with E-state index in [9.17, 15) is 10.1 Å². The lowest BCUT2D eigenvalue weighted by molar-refractivity contribution is -0.385. The van der Waals surface area contributed by atoms with Crippen molar-refractivity contribution in [3.05, 3.63) is 73.8 Å². The highest BCUT2D eigenvalue weighted by Gasteiger charge is 2.15. The first-order chi connectivity index (χ1) is 10.0. The minimum atomic E-state index is -0.381.